The van der Waals surface area contributed by atoms with Crippen LogP contribution in [0.3, 0.4) is 0 Å². The lowest BCUT2D eigenvalue weighted by Gasteiger charge is -2.71. The van der Waals surface area contributed by atoms with Gasteiger partial charge in [0.05, 0.1) is 31.8 Å². The zero-order chi connectivity index (χ0) is 30.3. The van der Waals surface area contributed by atoms with Crippen molar-refractivity contribution < 1.29 is 19.4 Å². The molecular weight excluding hydrogens is 530 g/mol. The van der Waals surface area contributed by atoms with E-state index in [1.165, 1.54) is 11.9 Å². The van der Waals surface area contributed by atoms with Crippen molar-refractivity contribution in [1.29, 1.82) is 0 Å². The Morgan fingerprint density at radius 1 is 1.17 bits per heavy atom. The van der Waals surface area contributed by atoms with E-state index in [2.05, 4.69) is 70.0 Å². The molecule has 3 N–H and O–H groups in total. The number of ether oxygens (including phenoxy) is 2. The zero-order valence-corrected chi connectivity index (χ0v) is 26.8. The number of aromatic nitrogens is 4. The highest BCUT2D eigenvalue weighted by molar-refractivity contribution is 5.73. The number of hydrogen-bond donors (Lipinski definition) is 2. The van der Waals surface area contributed by atoms with Crippen LogP contribution < -0.4 is 5.73 Å². The molecule has 2 heterocycles. The first-order valence-corrected chi connectivity index (χ1v) is 16.4. The molecule has 0 amide bonds. The molecule has 11 atom stereocenters. The minimum Gasteiger partial charge on any atom is -0.481 e. The Labute approximate surface area is 251 Å². The van der Waals surface area contributed by atoms with E-state index in [1.807, 2.05) is 0 Å². The molecule has 6 rings (SSSR count). The number of carboxylic acid groups (broad SMARTS) is 1. The summed E-state index contributed by atoms with van der Waals surface area (Å²) in [5, 5.41) is 23.9. The van der Waals surface area contributed by atoms with Gasteiger partial charge in [0, 0.05) is 17.4 Å². The van der Waals surface area contributed by atoms with Crippen LogP contribution in [-0.4, -0.2) is 63.8 Å². The maximum Gasteiger partial charge on any atom is 0.307 e. The zero-order valence-electron chi connectivity index (χ0n) is 26.8. The van der Waals surface area contributed by atoms with Gasteiger partial charge in [0.15, 0.2) is 6.33 Å². The summed E-state index contributed by atoms with van der Waals surface area (Å²) in [5.41, 5.74) is 6.35. The van der Waals surface area contributed by atoms with Crippen molar-refractivity contribution in [1.82, 2.24) is 20.2 Å². The normalized spacial score (nSPS) is 47.2. The van der Waals surface area contributed by atoms with Crippen LogP contribution in [0.2, 0.25) is 0 Å². The quantitative estimate of drug-likeness (QED) is 0.423. The molecule has 3 saturated carbocycles. The number of aliphatic carboxylic acids is 1. The Morgan fingerprint density at radius 2 is 1.93 bits per heavy atom. The van der Waals surface area contributed by atoms with E-state index in [0.717, 1.165) is 38.5 Å². The van der Waals surface area contributed by atoms with Crippen LogP contribution in [0.4, 0.5) is 0 Å². The number of carbonyl (C=O) groups is 1. The van der Waals surface area contributed by atoms with E-state index >= 15 is 0 Å². The summed E-state index contributed by atoms with van der Waals surface area (Å²) in [5.74, 6) is 0.476. The van der Waals surface area contributed by atoms with Gasteiger partial charge in [-0.05, 0) is 83.7 Å². The Hall–Kier alpha value is -1.84. The van der Waals surface area contributed by atoms with Crippen molar-refractivity contribution in [3.63, 3.8) is 0 Å². The van der Waals surface area contributed by atoms with Gasteiger partial charge in [-0.3, -0.25) is 4.79 Å². The third-order valence-corrected chi connectivity index (χ3v) is 14.2. The van der Waals surface area contributed by atoms with Crippen LogP contribution in [0.25, 0.3) is 0 Å². The number of nitrogens with two attached hydrogens (primary N) is 1. The second-order valence-corrected chi connectivity index (χ2v) is 16.0. The number of nitrogens with zero attached hydrogens (tertiary/aromatic N) is 4. The van der Waals surface area contributed by atoms with Crippen molar-refractivity contribution in [2.24, 2.45) is 62.4 Å². The van der Waals surface area contributed by atoms with Crippen molar-refractivity contribution in [2.75, 3.05) is 26.4 Å². The lowest BCUT2D eigenvalue weighted by molar-refractivity contribution is -0.251. The van der Waals surface area contributed by atoms with Crippen molar-refractivity contribution in [2.45, 2.75) is 99.1 Å². The smallest absolute Gasteiger partial charge is 0.307 e. The topological polar surface area (TPSA) is 125 Å². The van der Waals surface area contributed by atoms with Gasteiger partial charge in [0.1, 0.15) is 6.04 Å². The lowest BCUT2D eigenvalue weighted by atomic mass is 9.34. The van der Waals surface area contributed by atoms with E-state index in [1.54, 1.807) is 4.80 Å². The van der Waals surface area contributed by atoms with Crippen LogP contribution in [0.15, 0.2) is 18.0 Å². The maximum absolute atomic E-state index is 13.3. The first-order valence-electron chi connectivity index (χ1n) is 16.4. The monoisotopic (exact) mass is 583 g/mol. The van der Waals surface area contributed by atoms with Gasteiger partial charge in [-0.1, -0.05) is 60.1 Å². The molecule has 0 aromatic carbocycles. The van der Waals surface area contributed by atoms with E-state index in [4.69, 9.17) is 15.2 Å². The van der Waals surface area contributed by atoms with Gasteiger partial charge in [-0.2, -0.15) is 4.80 Å². The molecule has 2 bridgehead atoms. The SMILES string of the molecule is CC(C)[C@@H](C)[C@@]1(C)CC[C@]2(C)[C@H]3CC[C@@H]4[C@@]5(COC[C@]4(C)[C@@H](OCCN)[C@H](n4ncnn4)C5)C3=CC[C@@]2(C)[C@@H]1C(=O)O. The van der Waals surface area contributed by atoms with Gasteiger partial charge in [-0.15, -0.1) is 10.2 Å². The van der Waals surface area contributed by atoms with E-state index in [9.17, 15) is 9.90 Å². The summed E-state index contributed by atoms with van der Waals surface area (Å²) in [6, 6.07) is -0.0710. The molecule has 1 aromatic rings. The Morgan fingerprint density at radius 3 is 2.57 bits per heavy atom. The minimum absolute atomic E-state index is 0.0710. The second-order valence-electron chi connectivity index (χ2n) is 16.0. The molecule has 1 aromatic heterocycles. The van der Waals surface area contributed by atoms with Crippen molar-refractivity contribution in [3.8, 4) is 0 Å². The van der Waals surface area contributed by atoms with Gasteiger partial charge >= 0.3 is 5.97 Å². The summed E-state index contributed by atoms with van der Waals surface area (Å²) >= 11 is 0. The largest absolute Gasteiger partial charge is 0.481 e. The van der Waals surface area contributed by atoms with Gasteiger partial charge in [-0.25, -0.2) is 0 Å². The molecular formula is C33H53N5O4. The lowest BCUT2D eigenvalue weighted by Crippen LogP contribution is -2.69. The predicted octanol–water partition coefficient (Wildman–Crippen LogP) is 5.15. The highest BCUT2D eigenvalue weighted by Crippen LogP contribution is 2.75. The minimum atomic E-state index is -0.620. The van der Waals surface area contributed by atoms with Crippen LogP contribution in [0, 0.1) is 56.7 Å². The first kappa shape index (κ1) is 30.2. The molecule has 234 valence electrons. The number of tetrazole rings is 1. The summed E-state index contributed by atoms with van der Waals surface area (Å²) in [4.78, 5) is 15.1. The first-order chi connectivity index (χ1) is 19.8. The summed E-state index contributed by atoms with van der Waals surface area (Å²) < 4.78 is 13.1. The van der Waals surface area contributed by atoms with Crippen LogP contribution in [0.1, 0.15) is 93.0 Å². The average Bonchev–Trinajstić information content (AvgIpc) is 3.47. The third-order valence-electron chi connectivity index (χ3n) is 14.2. The highest BCUT2D eigenvalue weighted by atomic mass is 16.5. The Kier molecular flexibility index (Phi) is 7.26. The molecule has 9 heteroatoms. The molecule has 1 saturated heterocycles. The Bertz CT molecular complexity index is 1220. The summed E-state index contributed by atoms with van der Waals surface area (Å²) in [6.07, 6.45) is 9.67. The van der Waals surface area contributed by atoms with Gasteiger partial charge < -0.3 is 20.3 Å². The number of rotatable bonds is 7. The Balaban J connectivity index is 1.46. The summed E-state index contributed by atoms with van der Waals surface area (Å²) in [7, 11) is 0. The predicted molar refractivity (Wildman–Crippen MR) is 159 cm³/mol. The fraction of sp³-hybridized carbons (Fsp3) is 0.879. The fourth-order valence-electron chi connectivity index (χ4n) is 11.6. The van der Waals surface area contributed by atoms with Crippen molar-refractivity contribution in [3.05, 3.63) is 18.0 Å². The van der Waals surface area contributed by atoms with E-state index < -0.39 is 11.9 Å². The van der Waals surface area contributed by atoms with Crippen LogP contribution in [0.5, 0.6) is 0 Å². The molecule has 1 aliphatic heterocycles. The maximum atomic E-state index is 13.3. The van der Waals surface area contributed by atoms with Crippen LogP contribution in [-0.2, 0) is 14.3 Å². The number of fused-ring (bicyclic) bond motifs is 3. The molecule has 0 spiro atoms. The fourth-order valence-corrected chi connectivity index (χ4v) is 11.6. The highest BCUT2D eigenvalue weighted by Gasteiger charge is 2.72. The molecule has 42 heavy (non-hydrogen) atoms. The van der Waals surface area contributed by atoms with Crippen molar-refractivity contribution >= 4 is 5.97 Å². The number of allylic oxidation sites excluding steroid dienone is 1. The van der Waals surface area contributed by atoms with Gasteiger partial charge in [0.2, 0.25) is 0 Å². The van der Waals surface area contributed by atoms with E-state index in [0.29, 0.717) is 50.0 Å². The number of hydrogen-bond acceptors (Lipinski definition) is 7. The molecule has 0 unspecified atom stereocenters. The molecule has 9 nitrogen and oxygen atoms in total. The second kappa shape index (κ2) is 10.1. The van der Waals surface area contributed by atoms with Crippen LogP contribution >= 0.6 is 0 Å². The average molecular weight is 584 g/mol. The molecule has 4 fully saturated rings. The van der Waals surface area contributed by atoms with E-state index in [-0.39, 0.29) is 39.2 Å². The molecule has 5 aliphatic rings. The molecule has 0 radical (unpaired) electrons. The summed E-state index contributed by atoms with van der Waals surface area (Å²) in [6.45, 7) is 18.4. The van der Waals surface area contributed by atoms with Gasteiger partial charge in [0.25, 0.3) is 0 Å². The standard InChI is InChI=1S/C33H53N5O4/c1-20(2)21(3)29(4)12-13-31(6)22-8-9-25-30(5)17-41-18-33(25,23(22)10-11-32(31,7)26(29)28(39)40)16-24(27(30)42-15-14-34)38-36-19-35-37-38/h10,19-22,24-27H,8-9,11-18,34H2,1-7H3,(H,39,40)/t21-,22+,24-,25+,26-,27+,29-,30+,31-,32+,33+/m1/s1. The third kappa shape index (κ3) is 3.84. The number of carboxylic acids is 1. The molecule has 4 aliphatic carbocycles.